The van der Waals surface area contributed by atoms with Crippen molar-refractivity contribution in [1.29, 1.82) is 5.26 Å². The average molecular weight is 216 g/mol. The lowest BCUT2D eigenvalue weighted by molar-refractivity contribution is 0.416. The van der Waals surface area contributed by atoms with Gasteiger partial charge in [-0.3, -0.25) is 0 Å². The molecule has 2 aromatic rings. The maximum atomic E-state index is 8.91. The Balaban J connectivity index is 2.59. The second-order valence-corrected chi connectivity index (χ2v) is 3.70. The van der Waals surface area contributed by atoms with Crippen molar-refractivity contribution in [2.45, 2.75) is 0 Å². The van der Waals surface area contributed by atoms with Gasteiger partial charge in [-0.15, -0.1) is 11.3 Å². The lowest BCUT2D eigenvalue weighted by Gasteiger charge is -2.05. The predicted octanol–water partition coefficient (Wildman–Crippen LogP) is 2.69. The fourth-order valence-electron chi connectivity index (χ4n) is 1.36. The van der Waals surface area contributed by atoms with Crippen molar-refractivity contribution in [3.8, 4) is 23.1 Å². The summed E-state index contributed by atoms with van der Waals surface area (Å²) in [7, 11) is 1.61. The monoisotopic (exact) mass is 216 g/mol. The molecule has 0 bridgehead atoms. The third kappa shape index (κ3) is 1.69. The highest BCUT2D eigenvalue weighted by molar-refractivity contribution is 7.10. The summed E-state index contributed by atoms with van der Waals surface area (Å²) in [5.74, 6) is 0.736. The standard InChI is InChI=1S/C11H8N2OS/c1-14-9-5-3-2-4-8(9)11-10(6-12)15-7-13-11/h2-5,7H,1H3. The van der Waals surface area contributed by atoms with E-state index in [1.165, 1.54) is 11.3 Å². The maximum absolute atomic E-state index is 8.91. The summed E-state index contributed by atoms with van der Waals surface area (Å²) < 4.78 is 5.22. The predicted molar refractivity (Wildman–Crippen MR) is 58.8 cm³/mol. The minimum absolute atomic E-state index is 0.611. The molecule has 1 aromatic heterocycles. The summed E-state index contributed by atoms with van der Waals surface area (Å²) in [5, 5.41) is 8.91. The summed E-state index contributed by atoms with van der Waals surface area (Å²) in [6.07, 6.45) is 0. The first-order valence-corrected chi connectivity index (χ1v) is 5.21. The smallest absolute Gasteiger partial charge is 0.132 e. The molecule has 0 atom stereocenters. The molecule has 0 aliphatic heterocycles. The lowest BCUT2D eigenvalue weighted by Crippen LogP contribution is -1.88. The molecule has 2 rings (SSSR count). The Labute approximate surface area is 91.6 Å². The molecule has 0 saturated carbocycles. The zero-order chi connectivity index (χ0) is 10.7. The average Bonchev–Trinajstić information content (AvgIpc) is 2.76. The van der Waals surface area contributed by atoms with E-state index in [9.17, 15) is 0 Å². The number of nitriles is 1. The zero-order valence-electron chi connectivity index (χ0n) is 8.10. The van der Waals surface area contributed by atoms with Crippen LogP contribution in [0.3, 0.4) is 0 Å². The van der Waals surface area contributed by atoms with Gasteiger partial charge in [0.1, 0.15) is 22.4 Å². The molecule has 74 valence electrons. The van der Waals surface area contributed by atoms with Crippen LogP contribution >= 0.6 is 11.3 Å². The van der Waals surface area contributed by atoms with Gasteiger partial charge < -0.3 is 4.74 Å². The molecule has 1 heterocycles. The van der Waals surface area contributed by atoms with Crippen LogP contribution in [-0.2, 0) is 0 Å². The second-order valence-electron chi connectivity index (χ2n) is 2.84. The van der Waals surface area contributed by atoms with Crippen molar-refractivity contribution in [2.75, 3.05) is 7.11 Å². The van der Waals surface area contributed by atoms with Gasteiger partial charge >= 0.3 is 0 Å². The molecule has 0 aliphatic carbocycles. The minimum atomic E-state index is 0.611. The number of nitrogens with zero attached hydrogens (tertiary/aromatic N) is 2. The van der Waals surface area contributed by atoms with Gasteiger partial charge in [-0.1, -0.05) is 12.1 Å². The molecule has 0 radical (unpaired) electrons. The third-order valence-corrected chi connectivity index (χ3v) is 2.76. The van der Waals surface area contributed by atoms with E-state index in [2.05, 4.69) is 11.1 Å². The van der Waals surface area contributed by atoms with Crippen LogP contribution in [0.4, 0.5) is 0 Å². The number of para-hydroxylation sites is 1. The van der Waals surface area contributed by atoms with E-state index in [-0.39, 0.29) is 0 Å². The summed E-state index contributed by atoms with van der Waals surface area (Å²) in [5.41, 5.74) is 3.22. The molecule has 3 nitrogen and oxygen atoms in total. The van der Waals surface area contributed by atoms with Crippen molar-refractivity contribution in [3.63, 3.8) is 0 Å². The largest absolute Gasteiger partial charge is 0.496 e. The number of thiazole rings is 1. The van der Waals surface area contributed by atoms with Gasteiger partial charge in [-0.05, 0) is 12.1 Å². The number of methoxy groups -OCH3 is 1. The number of hydrogen-bond acceptors (Lipinski definition) is 4. The fraction of sp³-hybridized carbons (Fsp3) is 0.0909. The van der Waals surface area contributed by atoms with E-state index in [1.54, 1.807) is 12.6 Å². The van der Waals surface area contributed by atoms with Crippen molar-refractivity contribution < 1.29 is 4.74 Å². The van der Waals surface area contributed by atoms with Crippen molar-refractivity contribution in [1.82, 2.24) is 4.98 Å². The minimum Gasteiger partial charge on any atom is -0.496 e. The second kappa shape index (κ2) is 4.11. The Morgan fingerprint density at radius 3 is 2.93 bits per heavy atom. The Morgan fingerprint density at radius 2 is 2.20 bits per heavy atom. The Bertz CT molecular complexity index is 513. The van der Waals surface area contributed by atoms with Crippen LogP contribution in [0, 0.1) is 11.3 Å². The van der Waals surface area contributed by atoms with E-state index in [1.807, 2.05) is 24.3 Å². The fourth-order valence-corrected chi connectivity index (χ4v) is 1.95. The summed E-state index contributed by atoms with van der Waals surface area (Å²) >= 11 is 1.34. The van der Waals surface area contributed by atoms with Crippen LogP contribution in [0.25, 0.3) is 11.3 Å². The molecular formula is C11H8N2OS. The van der Waals surface area contributed by atoms with E-state index >= 15 is 0 Å². The molecule has 4 heteroatoms. The first kappa shape index (κ1) is 9.69. The SMILES string of the molecule is COc1ccccc1-c1ncsc1C#N. The maximum Gasteiger partial charge on any atom is 0.132 e. The molecule has 0 spiro atoms. The molecule has 0 fully saturated rings. The Kier molecular flexibility index (Phi) is 2.66. The summed E-state index contributed by atoms with van der Waals surface area (Å²) in [6, 6.07) is 9.67. The molecule has 0 aliphatic rings. The molecule has 0 unspecified atom stereocenters. The van der Waals surface area contributed by atoms with Crippen LogP contribution < -0.4 is 4.74 Å². The van der Waals surface area contributed by atoms with Gasteiger partial charge in [0.15, 0.2) is 0 Å². The number of ether oxygens (including phenoxy) is 1. The summed E-state index contributed by atoms with van der Waals surface area (Å²) in [4.78, 5) is 4.79. The highest BCUT2D eigenvalue weighted by Gasteiger charge is 2.11. The number of hydrogen-bond donors (Lipinski definition) is 0. The molecule has 0 saturated heterocycles. The van der Waals surface area contributed by atoms with E-state index in [0.29, 0.717) is 10.6 Å². The van der Waals surface area contributed by atoms with Crippen LogP contribution in [0.15, 0.2) is 29.8 Å². The van der Waals surface area contributed by atoms with Gasteiger partial charge in [-0.25, -0.2) is 4.98 Å². The topological polar surface area (TPSA) is 45.9 Å². The van der Waals surface area contributed by atoms with Crippen LogP contribution in [-0.4, -0.2) is 12.1 Å². The zero-order valence-corrected chi connectivity index (χ0v) is 8.91. The molecule has 1 aromatic carbocycles. The van der Waals surface area contributed by atoms with Crippen LogP contribution in [0.2, 0.25) is 0 Å². The lowest BCUT2D eigenvalue weighted by atomic mass is 10.1. The molecule has 0 amide bonds. The summed E-state index contributed by atoms with van der Waals surface area (Å²) in [6.45, 7) is 0. The van der Waals surface area contributed by atoms with E-state index in [0.717, 1.165) is 11.3 Å². The van der Waals surface area contributed by atoms with E-state index < -0.39 is 0 Å². The Morgan fingerprint density at radius 1 is 1.40 bits per heavy atom. The quantitative estimate of drug-likeness (QED) is 0.775. The van der Waals surface area contributed by atoms with Gasteiger partial charge in [0.05, 0.1) is 12.6 Å². The third-order valence-electron chi connectivity index (χ3n) is 2.03. The van der Waals surface area contributed by atoms with Crippen molar-refractivity contribution in [3.05, 3.63) is 34.7 Å². The molecule has 0 N–H and O–H groups in total. The van der Waals surface area contributed by atoms with Crippen LogP contribution in [0.5, 0.6) is 5.75 Å². The molecule has 15 heavy (non-hydrogen) atoms. The highest BCUT2D eigenvalue weighted by atomic mass is 32.1. The normalized spacial score (nSPS) is 9.60. The number of rotatable bonds is 2. The van der Waals surface area contributed by atoms with Crippen molar-refractivity contribution >= 4 is 11.3 Å². The highest BCUT2D eigenvalue weighted by Crippen LogP contribution is 2.32. The molecular weight excluding hydrogens is 208 g/mol. The van der Waals surface area contributed by atoms with Gasteiger partial charge in [0.25, 0.3) is 0 Å². The van der Waals surface area contributed by atoms with Gasteiger partial charge in [0, 0.05) is 5.56 Å². The van der Waals surface area contributed by atoms with E-state index in [4.69, 9.17) is 10.00 Å². The number of aromatic nitrogens is 1. The first-order chi connectivity index (χ1) is 7.36. The van der Waals surface area contributed by atoms with Crippen molar-refractivity contribution in [2.24, 2.45) is 0 Å². The first-order valence-electron chi connectivity index (χ1n) is 4.33. The Hall–Kier alpha value is -1.86. The van der Waals surface area contributed by atoms with Gasteiger partial charge in [0.2, 0.25) is 0 Å². The number of benzene rings is 1. The van der Waals surface area contributed by atoms with Crippen LogP contribution in [0.1, 0.15) is 4.88 Å². The van der Waals surface area contributed by atoms with Gasteiger partial charge in [-0.2, -0.15) is 5.26 Å².